The molecule has 1 heterocycles. The van der Waals surface area contributed by atoms with Gasteiger partial charge in [0.15, 0.2) is 11.5 Å². The summed E-state index contributed by atoms with van der Waals surface area (Å²) in [5, 5.41) is 21.3. The predicted octanol–water partition coefficient (Wildman–Crippen LogP) is 3.95. The molecule has 1 aliphatic rings. The third kappa shape index (κ3) is 5.95. The van der Waals surface area contributed by atoms with Crippen LogP contribution in [0, 0.1) is 0 Å². The monoisotopic (exact) mass is 482 g/mol. The Bertz CT molecular complexity index is 1080. The second-order valence-corrected chi connectivity index (χ2v) is 8.81. The number of phenols is 1. The number of likely N-dealkylation sites (tertiary alicyclic amines) is 1. The molecule has 1 fully saturated rings. The molecule has 8 nitrogen and oxygen atoms in total. The summed E-state index contributed by atoms with van der Waals surface area (Å²) in [6.45, 7) is 3.74. The van der Waals surface area contributed by atoms with Crippen molar-refractivity contribution in [3.05, 3.63) is 59.2 Å². The first-order valence-electron chi connectivity index (χ1n) is 11.8. The number of Topliss-reactive ketones (excluding diaryl/α,β-unsaturated/α-hetero) is 1. The second kappa shape index (κ2) is 11.8. The summed E-state index contributed by atoms with van der Waals surface area (Å²) in [5.74, 6) is -0.835. The molecule has 3 rings (SSSR count). The Morgan fingerprint density at radius 2 is 1.80 bits per heavy atom. The number of unbranched alkanes of at least 4 members (excludes halogenated alkanes) is 1. The van der Waals surface area contributed by atoms with Crippen molar-refractivity contribution in [2.45, 2.75) is 32.2 Å². The minimum atomic E-state index is -0.813. The number of rotatable bonds is 11. The van der Waals surface area contributed by atoms with Crippen LogP contribution in [0.25, 0.3) is 5.76 Å². The van der Waals surface area contributed by atoms with Gasteiger partial charge in [0.25, 0.3) is 11.7 Å². The van der Waals surface area contributed by atoms with Crippen molar-refractivity contribution < 1.29 is 29.3 Å². The van der Waals surface area contributed by atoms with Gasteiger partial charge < -0.3 is 29.5 Å². The number of carbonyl (C=O) groups excluding carboxylic acids is 2. The van der Waals surface area contributed by atoms with Gasteiger partial charge in [-0.3, -0.25) is 9.59 Å². The van der Waals surface area contributed by atoms with E-state index in [0.29, 0.717) is 36.4 Å². The maximum Gasteiger partial charge on any atom is 0.295 e. The number of phenolic OH excluding ortho intramolecular Hbond substituents is 1. The van der Waals surface area contributed by atoms with Crippen molar-refractivity contribution in [3.8, 4) is 17.2 Å². The Morgan fingerprint density at radius 3 is 2.43 bits per heavy atom. The minimum Gasteiger partial charge on any atom is -0.507 e. The van der Waals surface area contributed by atoms with Crippen molar-refractivity contribution in [1.82, 2.24) is 9.80 Å². The van der Waals surface area contributed by atoms with Crippen molar-refractivity contribution in [2.24, 2.45) is 0 Å². The van der Waals surface area contributed by atoms with Gasteiger partial charge in [0.05, 0.1) is 25.3 Å². The molecule has 2 N–H and O–H groups in total. The topological polar surface area (TPSA) is 99.5 Å². The van der Waals surface area contributed by atoms with E-state index in [1.165, 1.54) is 18.1 Å². The van der Waals surface area contributed by atoms with E-state index < -0.39 is 17.7 Å². The SMILES string of the molecule is CCCCOc1ccc(C(O)=C2C(=O)C(=O)N(CCCN(C)C)[C@@H]2c2ccc(O)c(OC)c2)cc1. The van der Waals surface area contributed by atoms with Crippen LogP contribution in [0.4, 0.5) is 0 Å². The third-order valence-electron chi connectivity index (χ3n) is 5.96. The number of carbonyl (C=O) groups is 2. The molecule has 35 heavy (non-hydrogen) atoms. The Balaban J connectivity index is 2.03. The summed E-state index contributed by atoms with van der Waals surface area (Å²) < 4.78 is 10.9. The summed E-state index contributed by atoms with van der Waals surface area (Å²) >= 11 is 0. The molecule has 2 aromatic rings. The lowest BCUT2D eigenvalue weighted by Gasteiger charge is -2.26. The number of ketones is 1. The second-order valence-electron chi connectivity index (χ2n) is 8.81. The molecular formula is C27H34N2O6. The molecule has 0 unspecified atom stereocenters. The fraction of sp³-hybridized carbons (Fsp3) is 0.407. The number of hydrogen-bond acceptors (Lipinski definition) is 7. The van der Waals surface area contributed by atoms with Crippen LogP contribution < -0.4 is 9.47 Å². The molecule has 0 radical (unpaired) electrons. The van der Waals surface area contributed by atoms with E-state index >= 15 is 0 Å². The standard InChI is InChI=1S/C27H34N2O6/c1-5-6-16-35-20-11-8-18(9-12-20)25(31)23-24(19-10-13-21(30)22(17-19)34-4)29(27(33)26(23)32)15-7-14-28(2)3/h8-13,17,24,30-31H,5-7,14-16H2,1-4H3/t24-/m1/s1. The normalized spacial score (nSPS) is 17.3. The lowest BCUT2D eigenvalue weighted by atomic mass is 9.95. The molecule has 0 saturated carbocycles. The molecule has 188 valence electrons. The zero-order valence-electron chi connectivity index (χ0n) is 20.8. The van der Waals surface area contributed by atoms with Crippen LogP contribution >= 0.6 is 0 Å². The van der Waals surface area contributed by atoms with Crippen LogP contribution in [0.15, 0.2) is 48.0 Å². The molecule has 1 saturated heterocycles. The Kier molecular flexibility index (Phi) is 8.76. The predicted molar refractivity (Wildman–Crippen MR) is 134 cm³/mol. The molecule has 8 heteroatoms. The average Bonchev–Trinajstić information content (AvgIpc) is 3.09. The smallest absolute Gasteiger partial charge is 0.295 e. The molecule has 0 aliphatic carbocycles. The number of nitrogens with zero attached hydrogens (tertiary/aromatic N) is 2. The first-order valence-corrected chi connectivity index (χ1v) is 11.8. The van der Waals surface area contributed by atoms with E-state index in [0.717, 1.165) is 19.4 Å². The zero-order valence-corrected chi connectivity index (χ0v) is 20.8. The molecule has 1 atom stereocenters. The van der Waals surface area contributed by atoms with Crippen LogP contribution in [0.1, 0.15) is 43.4 Å². The fourth-order valence-electron chi connectivity index (χ4n) is 4.08. The lowest BCUT2D eigenvalue weighted by molar-refractivity contribution is -0.139. The van der Waals surface area contributed by atoms with E-state index in [-0.39, 0.29) is 22.8 Å². The van der Waals surface area contributed by atoms with Gasteiger partial charge in [0, 0.05) is 12.1 Å². The van der Waals surface area contributed by atoms with Gasteiger partial charge in [-0.2, -0.15) is 0 Å². The van der Waals surface area contributed by atoms with Gasteiger partial charge in [0.2, 0.25) is 0 Å². The van der Waals surface area contributed by atoms with E-state index in [1.807, 2.05) is 19.0 Å². The minimum absolute atomic E-state index is 0.00671. The largest absolute Gasteiger partial charge is 0.507 e. The number of benzene rings is 2. The van der Waals surface area contributed by atoms with Crippen LogP contribution in [0.5, 0.6) is 17.2 Å². The number of amides is 1. The lowest BCUT2D eigenvalue weighted by Crippen LogP contribution is -2.32. The van der Waals surface area contributed by atoms with E-state index in [4.69, 9.17) is 9.47 Å². The summed E-state index contributed by atoms with van der Waals surface area (Å²) in [6, 6.07) is 10.7. The molecule has 0 aromatic heterocycles. The van der Waals surface area contributed by atoms with Gasteiger partial charge in [-0.1, -0.05) is 19.4 Å². The van der Waals surface area contributed by atoms with Gasteiger partial charge in [-0.15, -0.1) is 0 Å². The van der Waals surface area contributed by atoms with Gasteiger partial charge in [-0.25, -0.2) is 0 Å². The molecule has 0 spiro atoms. The summed E-state index contributed by atoms with van der Waals surface area (Å²) in [6.07, 6.45) is 2.61. The number of methoxy groups -OCH3 is 1. The Labute approximate surface area is 206 Å². The number of aliphatic hydroxyl groups excluding tert-OH is 1. The first kappa shape index (κ1) is 26.1. The van der Waals surface area contributed by atoms with Crippen LogP contribution in [-0.2, 0) is 9.59 Å². The van der Waals surface area contributed by atoms with Gasteiger partial charge >= 0.3 is 0 Å². The number of aromatic hydroxyl groups is 1. The van der Waals surface area contributed by atoms with Crippen LogP contribution in [-0.4, -0.2) is 72.6 Å². The van der Waals surface area contributed by atoms with Crippen molar-refractivity contribution in [2.75, 3.05) is 40.9 Å². The van der Waals surface area contributed by atoms with Crippen LogP contribution in [0.3, 0.4) is 0 Å². The maximum absolute atomic E-state index is 13.1. The summed E-state index contributed by atoms with van der Waals surface area (Å²) in [4.78, 5) is 29.7. The zero-order chi connectivity index (χ0) is 25.5. The van der Waals surface area contributed by atoms with Gasteiger partial charge in [0.1, 0.15) is 11.5 Å². The Morgan fingerprint density at radius 1 is 1.09 bits per heavy atom. The Hall–Kier alpha value is -3.52. The number of aliphatic hydroxyl groups is 1. The molecule has 2 aromatic carbocycles. The van der Waals surface area contributed by atoms with Crippen molar-refractivity contribution in [1.29, 1.82) is 0 Å². The highest BCUT2D eigenvalue weighted by molar-refractivity contribution is 6.46. The van der Waals surface area contributed by atoms with E-state index in [9.17, 15) is 19.8 Å². The molecule has 0 bridgehead atoms. The quantitative estimate of drug-likeness (QED) is 0.216. The summed E-state index contributed by atoms with van der Waals surface area (Å²) in [7, 11) is 5.30. The molecule has 1 amide bonds. The van der Waals surface area contributed by atoms with Gasteiger partial charge in [-0.05, 0) is 75.4 Å². The van der Waals surface area contributed by atoms with Crippen molar-refractivity contribution in [3.63, 3.8) is 0 Å². The number of hydrogen-bond donors (Lipinski definition) is 2. The highest BCUT2D eigenvalue weighted by atomic mass is 16.5. The third-order valence-corrected chi connectivity index (χ3v) is 5.96. The average molecular weight is 483 g/mol. The highest BCUT2D eigenvalue weighted by Crippen LogP contribution is 2.41. The maximum atomic E-state index is 13.1. The van der Waals surface area contributed by atoms with E-state index in [2.05, 4.69) is 6.92 Å². The van der Waals surface area contributed by atoms with Crippen LogP contribution in [0.2, 0.25) is 0 Å². The molecule has 1 aliphatic heterocycles. The fourth-order valence-corrected chi connectivity index (χ4v) is 4.08. The summed E-state index contributed by atoms with van der Waals surface area (Å²) in [5.41, 5.74) is 0.979. The first-order chi connectivity index (χ1) is 16.8. The van der Waals surface area contributed by atoms with E-state index in [1.54, 1.807) is 36.4 Å². The molecular weight excluding hydrogens is 448 g/mol. The highest BCUT2D eigenvalue weighted by Gasteiger charge is 2.46. The van der Waals surface area contributed by atoms with Crippen molar-refractivity contribution >= 4 is 17.4 Å². The number of ether oxygens (including phenoxy) is 2.